The first-order chi connectivity index (χ1) is 11.6. The lowest BCUT2D eigenvalue weighted by Gasteiger charge is -2.37. The van der Waals surface area contributed by atoms with Crippen molar-refractivity contribution in [1.82, 2.24) is 4.90 Å². The van der Waals surface area contributed by atoms with Crippen molar-refractivity contribution in [1.29, 1.82) is 10.9 Å². The van der Waals surface area contributed by atoms with E-state index in [1.165, 1.54) is 0 Å². The van der Waals surface area contributed by atoms with E-state index in [0.29, 0.717) is 25.3 Å². The van der Waals surface area contributed by atoms with E-state index in [9.17, 15) is 4.79 Å². The first kappa shape index (κ1) is 18.1. The highest BCUT2D eigenvalue weighted by Gasteiger charge is 2.27. The van der Waals surface area contributed by atoms with Gasteiger partial charge in [0.05, 0.1) is 12.5 Å². The fourth-order valence-corrected chi connectivity index (χ4v) is 3.13. The molecule has 1 aliphatic heterocycles. The number of anilines is 1. The molecular weight excluding hydrogens is 302 g/mol. The highest BCUT2D eigenvalue weighted by atomic mass is 16.2. The molecule has 0 radical (unpaired) electrons. The molecule has 0 spiro atoms. The smallest absolute Gasteiger partial charge is 0.227 e. The molecule has 1 unspecified atom stereocenters. The summed E-state index contributed by atoms with van der Waals surface area (Å²) in [5.74, 6) is -0.0143. The lowest BCUT2D eigenvalue weighted by molar-refractivity contribution is -0.135. The van der Waals surface area contributed by atoms with Crippen molar-refractivity contribution < 1.29 is 4.79 Å². The van der Waals surface area contributed by atoms with Gasteiger partial charge in [-0.15, -0.1) is 0 Å². The van der Waals surface area contributed by atoms with Crippen molar-refractivity contribution in [3.63, 3.8) is 0 Å². The van der Waals surface area contributed by atoms with Crippen LogP contribution in [0.25, 0.3) is 0 Å². The van der Waals surface area contributed by atoms with Crippen LogP contribution in [-0.2, 0) is 4.79 Å². The van der Waals surface area contributed by atoms with Gasteiger partial charge in [0.1, 0.15) is 0 Å². The van der Waals surface area contributed by atoms with Gasteiger partial charge in [-0.3, -0.25) is 4.79 Å². The van der Waals surface area contributed by atoms with Crippen molar-refractivity contribution in [2.75, 3.05) is 37.6 Å². The molecule has 0 aromatic heterocycles. The molecule has 2 rings (SSSR count). The van der Waals surface area contributed by atoms with Crippen LogP contribution in [0.3, 0.4) is 0 Å². The fourth-order valence-electron chi connectivity index (χ4n) is 3.13. The van der Waals surface area contributed by atoms with Crippen molar-refractivity contribution in [2.24, 2.45) is 11.0 Å². The highest BCUT2D eigenvalue weighted by molar-refractivity contribution is 5.97. The molecule has 6 nitrogen and oxygen atoms in total. The van der Waals surface area contributed by atoms with Crippen molar-refractivity contribution in [3.8, 4) is 0 Å². The van der Waals surface area contributed by atoms with Crippen LogP contribution in [-0.4, -0.2) is 49.2 Å². The first-order valence-electron chi connectivity index (χ1n) is 8.59. The Morgan fingerprint density at radius 2 is 2.00 bits per heavy atom. The minimum absolute atomic E-state index is 0.136. The van der Waals surface area contributed by atoms with Crippen LogP contribution >= 0.6 is 0 Å². The van der Waals surface area contributed by atoms with E-state index in [1.807, 2.05) is 23.1 Å². The Labute approximate surface area is 143 Å². The van der Waals surface area contributed by atoms with Crippen LogP contribution in [0.1, 0.15) is 32.3 Å². The summed E-state index contributed by atoms with van der Waals surface area (Å²) in [6.45, 7) is 7.14. The Balaban J connectivity index is 1.97. The Kier molecular flexibility index (Phi) is 6.46. The second-order valence-electron chi connectivity index (χ2n) is 6.31. The van der Waals surface area contributed by atoms with Crippen LogP contribution in [0, 0.1) is 16.9 Å². The predicted molar refractivity (Wildman–Crippen MR) is 96.2 cm³/mol. The van der Waals surface area contributed by atoms with Gasteiger partial charge >= 0.3 is 0 Å². The molecule has 1 aliphatic rings. The SMILES string of the molecule is CCCC(CN=N)C(=O)N1CCN(c2cccc(C(C)=N)c2)CC1. The van der Waals surface area contributed by atoms with Gasteiger partial charge in [-0.2, -0.15) is 5.11 Å². The van der Waals surface area contributed by atoms with Gasteiger partial charge < -0.3 is 15.2 Å². The lowest BCUT2D eigenvalue weighted by atomic mass is 10.0. The van der Waals surface area contributed by atoms with Crippen molar-refractivity contribution in [2.45, 2.75) is 26.7 Å². The van der Waals surface area contributed by atoms with Crippen molar-refractivity contribution in [3.05, 3.63) is 29.8 Å². The number of nitrogens with zero attached hydrogens (tertiary/aromatic N) is 3. The van der Waals surface area contributed by atoms with Gasteiger partial charge in [0.15, 0.2) is 0 Å². The number of hydrogen-bond donors (Lipinski definition) is 2. The van der Waals surface area contributed by atoms with E-state index in [4.69, 9.17) is 10.9 Å². The number of hydrogen-bond acceptors (Lipinski definition) is 5. The summed E-state index contributed by atoms with van der Waals surface area (Å²) in [7, 11) is 0. The van der Waals surface area contributed by atoms with Gasteiger partial charge in [-0.1, -0.05) is 25.5 Å². The van der Waals surface area contributed by atoms with E-state index < -0.39 is 0 Å². The maximum Gasteiger partial charge on any atom is 0.227 e. The summed E-state index contributed by atoms with van der Waals surface area (Å²) in [6, 6.07) is 8.03. The van der Waals surface area contributed by atoms with Crippen LogP contribution in [0.15, 0.2) is 29.4 Å². The number of piperazine rings is 1. The normalized spacial score (nSPS) is 15.9. The first-order valence-corrected chi connectivity index (χ1v) is 8.59. The van der Waals surface area contributed by atoms with E-state index in [0.717, 1.165) is 37.2 Å². The van der Waals surface area contributed by atoms with E-state index in [2.05, 4.69) is 23.0 Å². The monoisotopic (exact) mass is 329 g/mol. The molecule has 1 aromatic rings. The zero-order valence-electron chi connectivity index (χ0n) is 14.6. The molecule has 1 aromatic carbocycles. The summed E-state index contributed by atoms with van der Waals surface area (Å²) in [5, 5.41) is 11.2. The number of nitrogens with one attached hydrogen (secondary N) is 2. The number of rotatable bonds is 7. The Bertz CT molecular complexity index is 593. The quantitative estimate of drug-likeness (QED) is 0.595. The third-order valence-corrected chi connectivity index (χ3v) is 4.53. The Morgan fingerprint density at radius 3 is 2.58 bits per heavy atom. The summed E-state index contributed by atoms with van der Waals surface area (Å²) in [5.41, 5.74) is 9.65. The van der Waals surface area contributed by atoms with Gasteiger partial charge in [0.25, 0.3) is 0 Å². The minimum atomic E-state index is -0.150. The molecule has 6 heteroatoms. The van der Waals surface area contributed by atoms with Gasteiger partial charge in [0.2, 0.25) is 5.91 Å². The average molecular weight is 329 g/mol. The standard InChI is InChI=1S/C18H27N5O/c1-3-5-16(13-21-20)18(24)23-10-8-22(9-11-23)17-7-4-6-15(12-17)14(2)19/h4,6-7,12,16,19-20H,3,5,8-11,13H2,1-2H3. The molecule has 0 aliphatic carbocycles. The zero-order chi connectivity index (χ0) is 17.5. The molecular formula is C18H27N5O. The molecule has 0 bridgehead atoms. The Morgan fingerprint density at radius 1 is 1.29 bits per heavy atom. The topological polar surface area (TPSA) is 83.6 Å². The second kappa shape index (κ2) is 8.57. The summed E-state index contributed by atoms with van der Waals surface area (Å²) in [4.78, 5) is 16.8. The lowest BCUT2D eigenvalue weighted by Crippen LogP contribution is -2.50. The molecule has 1 atom stereocenters. The zero-order valence-corrected chi connectivity index (χ0v) is 14.6. The van der Waals surface area contributed by atoms with Crippen LogP contribution in [0.4, 0.5) is 5.69 Å². The van der Waals surface area contributed by atoms with Crippen LogP contribution < -0.4 is 4.90 Å². The molecule has 1 amide bonds. The van der Waals surface area contributed by atoms with E-state index >= 15 is 0 Å². The molecule has 1 saturated heterocycles. The number of benzene rings is 1. The third-order valence-electron chi connectivity index (χ3n) is 4.53. The third kappa shape index (κ3) is 4.40. The Hall–Kier alpha value is -2.24. The van der Waals surface area contributed by atoms with Crippen LogP contribution in [0.2, 0.25) is 0 Å². The molecule has 24 heavy (non-hydrogen) atoms. The minimum Gasteiger partial charge on any atom is -0.368 e. The second-order valence-corrected chi connectivity index (χ2v) is 6.31. The van der Waals surface area contributed by atoms with Crippen molar-refractivity contribution >= 4 is 17.3 Å². The number of carbonyl (C=O) groups excluding carboxylic acids is 1. The maximum absolute atomic E-state index is 12.6. The number of carbonyl (C=O) groups is 1. The molecule has 1 fully saturated rings. The molecule has 130 valence electrons. The summed E-state index contributed by atoms with van der Waals surface area (Å²) < 4.78 is 0. The van der Waals surface area contributed by atoms with Gasteiger partial charge in [0, 0.05) is 37.6 Å². The van der Waals surface area contributed by atoms with Gasteiger partial charge in [-0.05, 0) is 31.0 Å². The van der Waals surface area contributed by atoms with Crippen LogP contribution in [0.5, 0.6) is 0 Å². The summed E-state index contributed by atoms with van der Waals surface area (Å²) in [6.07, 6.45) is 1.73. The molecule has 1 heterocycles. The fraction of sp³-hybridized carbons (Fsp3) is 0.556. The molecule has 2 N–H and O–H groups in total. The maximum atomic E-state index is 12.6. The average Bonchev–Trinajstić information content (AvgIpc) is 2.61. The largest absolute Gasteiger partial charge is 0.368 e. The molecule has 0 saturated carbocycles. The highest BCUT2D eigenvalue weighted by Crippen LogP contribution is 2.20. The number of amides is 1. The predicted octanol–water partition coefficient (Wildman–Crippen LogP) is 3.17. The summed E-state index contributed by atoms with van der Waals surface area (Å²) >= 11 is 0. The van der Waals surface area contributed by atoms with E-state index in [1.54, 1.807) is 6.92 Å². The van der Waals surface area contributed by atoms with E-state index in [-0.39, 0.29) is 11.8 Å². The van der Waals surface area contributed by atoms with Gasteiger partial charge in [-0.25, -0.2) is 5.53 Å².